The average Bonchev–Trinajstić information content (AvgIpc) is 2.71. The Morgan fingerprint density at radius 3 is 2.52 bits per heavy atom. The molecule has 0 unspecified atom stereocenters. The van der Waals surface area contributed by atoms with Gasteiger partial charge in [-0.15, -0.1) is 0 Å². The monoisotopic (exact) mass is 481 g/mol. The molecule has 0 amide bonds. The third-order valence-electron chi connectivity index (χ3n) is 5.33. The highest BCUT2D eigenvalue weighted by Gasteiger charge is 2.20. The summed E-state index contributed by atoms with van der Waals surface area (Å²) in [6.07, 6.45) is 1.71. The first-order valence-corrected chi connectivity index (χ1v) is 10.7. The van der Waals surface area contributed by atoms with Gasteiger partial charge in [0.15, 0.2) is 0 Å². The summed E-state index contributed by atoms with van der Waals surface area (Å²) in [6.45, 7) is 7.77. The first-order chi connectivity index (χ1) is 14.7. The van der Waals surface area contributed by atoms with Crippen LogP contribution in [0.5, 0.6) is 0 Å². The van der Waals surface area contributed by atoms with Crippen molar-refractivity contribution in [2.75, 3.05) is 0 Å². The maximum atomic E-state index is 14.7. The molecule has 5 nitrogen and oxygen atoms in total. The van der Waals surface area contributed by atoms with Gasteiger partial charge in [0.2, 0.25) is 0 Å². The third kappa shape index (κ3) is 3.63. The molecule has 0 saturated carbocycles. The van der Waals surface area contributed by atoms with Crippen LogP contribution >= 0.6 is 15.9 Å². The van der Waals surface area contributed by atoms with Crippen LogP contribution in [-0.4, -0.2) is 14.5 Å². The van der Waals surface area contributed by atoms with Crippen molar-refractivity contribution in [3.63, 3.8) is 0 Å². The number of halogens is 2. The van der Waals surface area contributed by atoms with E-state index in [0.717, 1.165) is 16.8 Å². The highest BCUT2D eigenvalue weighted by molar-refractivity contribution is 9.10. The fourth-order valence-electron chi connectivity index (χ4n) is 3.82. The van der Waals surface area contributed by atoms with Crippen molar-refractivity contribution in [3.05, 3.63) is 90.5 Å². The summed E-state index contributed by atoms with van der Waals surface area (Å²) in [5, 5.41) is 0.321. The van der Waals surface area contributed by atoms with Crippen LogP contribution in [0.4, 0.5) is 4.39 Å². The van der Waals surface area contributed by atoms with Gasteiger partial charge in [-0.3, -0.25) is 19.3 Å². The Labute approximate surface area is 186 Å². The van der Waals surface area contributed by atoms with Crippen LogP contribution in [0.3, 0.4) is 0 Å². The van der Waals surface area contributed by atoms with Crippen LogP contribution in [0.25, 0.3) is 27.7 Å². The molecule has 0 aliphatic rings. The number of aromatic amines is 1. The van der Waals surface area contributed by atoms with Gasteiger partial charge in [-0.1, -0.05) is 41.4 Å². The SMILES string of the molecule is Cc1ccc(F)c(-c2cc3c(cc2Br)c(=O)[nH]c(=O)n3-c2c(C)ccnc2C(C)C)c1. The molecule has 158 valence electrons. The van der Waals surface area contributed by atoms with Gasteiger partial charge in [-0.2, -0.15) is 0 Å². The van der Waals surface area contributed by atoms with Gasteiger partial charge in [0, 0.05) is 21.8 Å². The number of rotatable bonds is 3. The quantitative estimate of drug-likeness (QED) is 0.426. The fourth-order valence-corrected chi connectivity index (χ4v) is 4.37. The number of aromatic nitrogens is 3. The van der Waals surface area contributed by atoms with E-state index in [9.17, 15) is 14.0 Å². The van der Waals surface area contributed by atoms with Crippen molar-refractivity contribution >= 4 is 26.8 Å². The Hall–Kier alpha value is -3.06. The van der Waals surface area contributed by atoms with E-state index in [-0.39, 0.29) is 11.7 Å². The highest BCUT2D eigenvalue weighted by atomic mass is 79.9. The van der Waals surface area contributed by atoms with Crippen molar-refractivity contribution in [1.82, 2.24) is 14.5 Å². The Morgan fingerprint density at radius 1 is 1.06 bits per heavy atom. The van der Waals surface area contributed by atoms with E-state index in [2.05, 4.69) is 25.9 Å². The van der Waals surface area contributed by atoms with E-state index >= 15 is 0 Å². The number of hydrogen-bond donors (Lipinski definition) is 1. The second kappa shape index (κ2) is 7.89. The molecular formula is C24H21BrFN3O2. The molecule has 31 heavy (non-hydrogen) atoms. The van der Waals surface area contributed by atoms with Crippen molar-refractivity contribution in [3.8, 4) is 16.8 Å². The lowest BCUT2D eigenvalue weighted by Gasteiger charge is -2.19. The predicted molar refractivity (Wildman–Crippen MR) is 125 cm³/mol. The lowest BCUT2D eigenvalue weighted by atomic mass is 10.0. The van der Waals surface area contributed by atoms with Gasteiger partial charge in [0.25, 0.3) is 5.56 Å². The third-order valence-corrected chi connectivity index (χ3v) is 5.99. The van der Waals surface area contributed by atoms with Gasteiger partial charge >= 0.3 is 5.69 Å². The Balaban J connectivity index is 2.18. The summed E-state index contributed by atoms with van der Waals surface area (Å²) >= 11 is 3.48. The smallest absolute Gasteiger partial charge is 0.273 e. The lowest BCUT2D eigenvalue weighted by molar-refractivity contribution is 0.631. The number of hydrogen-bond acceptors (Lipinski definition) is 3. The Bertz CT molecular complexity index is 1450. The van der Waals surface area contributed by atoms with Gasteiger partial charge in [0.05, 0.1) is 22.3 Å². The first kappa shape index (κ1) is 21.2. The number of nitrogens with one attached hydrogen (secondary N) is 1. The second-order valence-electron chi connectivity index (χ2n) is 7.94. The number of nitrogens with zero attached hydrogens (tertiary/aromatic N) is 2. The minimum atomic E-state index is -0.562. The van der Waals surface area contributed by atoms with E-state index < -0.39 is 11.2 Å². The van der Waals surface area contributed by atoms with Crippen LogP contribution in [0.2, 0.25) is 0 Å². The van der Waals surface area contributed by atoms with Crippen LogP contribution in [-0.2, 0) is 0 Å². The highest BCUT2D eigenvalue weighted by Crippen LogP contribution is 2.34. The zero-order valence-electron chi connectivity index (χ0n) is 17.6. The van der Waals surface area contributed by atoms with Crippen LogP contribution in [0, 0.1) is 19.7 Å². The zero-order chi connectivity index (χ0) is 22.4. The number of H-pyrrole nitrogens is 1. The molecule has 0 bridgehead atoms. The molecule has 4 aromatic rings. The topological polar surface area (TPSA) is 67.8 Å². The molecule has 0 saturated heterocycles. The maximum absolute atomic E-state index is 14.7. The standard InChI is InChI=1S/C24H21BrFN3O2/c1-12(2)21-22(14(4)7-8-27-21)29-20-11-15(16-9-13(3)5-6-19(16)26)18(25)10-17(20)23(30)28-24(29)31/h5-12H,1-4H3,(H,28,30,31). The van der Waals surface area contributed by atoms with Gasteiger partial charge in [-0.25, -0.2) is 9.18 Å². The minimum Gasteiger partial charge on any atom is -0.273 e. The van der Waals surface area contributed by atoms with E-state index in [0.29, 0.717) is 32.2 Å². The van der Waals surface area contributed by atoms with Crippen molar-refractivity contribution < 1.29 is 4.39 Å². The first-order valence-electron chi connectivity index (χ1n) is 9.90. The summed E-state index contributed by atoms with van der Waals surface area (Å²) in [5.41, 5.74) is 3.39. The molecule has 4 rings (SSSR count). The number of aryl methyl sites for hydroxylation is 2. The normalized spacial score (nSPS) is 11.5. The summed E-state index contributed by atoms with van der Waals surface area (Å²) in [7, 11) is 0. The molecule has 0 aliphatic carbocycles. The molecule has 1 N–H and O–H groups in total. The predicted octanol–water partition coefficient (Wildman–Crippen LogP) is 5.38. The average molecular weight is 482 g/mol. The molecular weight excluding hydrogens is 461 g/mol. The molecule has 0 atom stereocenters. The molecule has 2 heterocycles. The van der Waals surface area contributed by atoms with Crippen LogP contribution in [0.1, 0.15) is 36.6 Å². The van der Waals surface area contributed by atoms with Crippen molar-refractivity contribution in [1.29, 1.82) is 0 Å². The molecule has 2 aromatic heterocycles. The Kier molecular flexibility index (Phi) is 5.39. The number of pyridine rings is 1. The Morgan fingerprint density at radius 2 is 1.81 bits per heavy atom. The molecule has 2 aromatic carbocycles. The number of benzene rings is 2. The molecule has 0 fully saturated rings. The lowest BCUT2D eigenvalue weighted by Crippen LogP contribution is -2.30. The second-order valence-corrected chi connectivity index (χ2v) is 8.80. The van der Waals surface area contributed by atoms with Crippen LogP contribution in [0.15, 0.2) is 56.7 Å². The van der Waals surface area contributed by atoms with E-state index in [1.807, 2.05) is 33.8 Å². The van der Waals surface area contributed by atoms with Gasteiger partial charge in [-0.05, 0) is 55.7 Å². The molecule has 0 aliphatic heterocycles. The van der Waals surface area contributed by atoms with E-state index in [4.69, 9.17) is 0 Å². The van der Waals surface area contributed by atoms with Crippen LogP contribution < -0.4 is 11.2 Å². The van der Waals surface area contributed by atoms with Crippen molar-refractivity contribution in [2.45, 2.75) is 33.6 Å². The summed E-state index contributed by atoms with van der Waals surface area (Å²) in [4.78, 5) is 32.6. The fraction of sp³-hybridized carbons (Fsp3) is 0.208. The summed E-state index contributed by atoms with van der Waals surface area (Å²) in [5.74, 6) is -0.335. The van der Waals surface area contributed by atoms with Gasteiger partial charge < -0.3 is 0 Å². The van der Waals surface area contributed by atoms with E-state index in [1.165, 1.54) is 10.6 Å². The summed E-state index contributed by atoms with van der Waals surface area (Å²) in [6, 6.07) is 9.99. The summed E-state index contributed by atoms with van der Waals surface area (Å²) < 4.78 is 16.7. The molecule has 7 heteroatoms. The largest absolute Gasteiger partial charge is 0.333 e. The zero-order valence-corrected chi connectivity index (χ0v) is 19.2. The molecule has 0 radical (unpaired) electrons. The van der Waals surface area contributed by atoms with Crippen molar-refractivity contribution in [2.24, 2.45) is 0 Å². The van der Waals surface area contributed by atoms with Gasteiger partial charge in [0.1, 0.15) is 5.82 Å². The minimum absolute atomic E-state index is 0.0490. The van der Waals surface area contributed by atoms with E-state index in [1.54, 1.807) is 30.5 Å². The maximum Gasteiger partial charge on any atom is 0.333 e. The number of fused-ring (bicyclic) bond motifs is 1. The molecule has 0 spiro atoms.